The summed E-state index contributed by atoms with van der Waals surface area (Å²) in [7, 11) is -2.19. The normalized spacial score (nSPS) is 19.2. The molecule has 2 aromatic heterocycles. The van der Waals surface area contributed by atoms with E-state index in [9.17, 15) is 19.3 Å². The number of imidazole rings is 1. The molecule has 192 valence electrons. The molecule has 1 fully saturated rings. The van der Waals surface area contributed by atoms with Gasteiger partial charge in [0.05, 0.1) is 22.8 Å². The van der Waals surface area contributed by atoms with E-state index in [1.54, 1.807) is 31.9 Å². The van der Waals surface area contributed by atoms with E-state index in [2.05, 4.69) is 43.8 Å². The number of nitrogens with zero attached hydrogens (tertiary/aromatic N) is 5. The molecule has 3 rings (SSSR count). The van der Waals surface area contributed by atoms with E-state index >= 15 is 0 Å². The molecule has 1 aliphatic heterocycles. The summed E-state index contributed by atoms with van der Waals surface area (Å²) >= 11 is 0. The van der Waals surface area contributed by atoms with Gasteiger partial charge in [0.2, 0.25) is 0 Å². The largest absolute Gasteiger partial charge is 0.444 e. The van der Waals surface area contributed by atoms with E-state index < -0.39 is 42.5 Å². The SMILES string of the molecule is CC(C)(C)OC(=O)N1CCC(O[Si](C)(C)C(C)(C)C)C1c1cn(-c2ncc([N+](=O)[O-])cc2F)cn1. The number of hydrogen-bond acceptors (Lipinski definition) is 7. The standard InChI is InChI=1S/C23H34FN5O5Si/c1-22(2,3)33-21(30)28-10-9-18(34-35(7,8)23(4,5)6)19(28)17-13-27(14-26-17)20-16(24)11-15(12-25-20)29(31)32/h11-14,18-19H,9-10H2,1-8H3. The first-order valence-electron chi connectivity index (χ1n) is 11.5. The minimum atomic E-state index is -2.19. The van der Waals surface area contributed by atoms with E-state index in [1.165, 1.54) is 10.9 Å². The highest BCUT2D eigenvalue weighted by Crippen LogP contribution is 2.42. The van der Waals surface area contributed by atoms with Gasteiger partial charge in [-0.25, -0.2) is 19.2 Å². The van der Waals surface area contributed by atoms with Crippen LogP contribution in [0.15, 0.2) is 24.8 Å². The Labute approximate surface area is 205 Å². The minimum absolute atomic E-state index is 0.0396. The second-order valence-electron chi connectivity index (χ2n) is 11.3. The van der Waals surface area contributed by atoms with Gasteiger partial charge in [-0.15, -0.1) is 0 Å². The average Bonchev–Trinajstić information content (AvgIpc) is 3.32. The first-order chi connectivity index (χ1) is 16.0. The molecule has 0 N–H and O–H groups in total. The van der Waals surface area contributed by atoms with Gasteiger partial charge >= 0.3 is 6.09 Å². The summed E-state index contributed by atoms with van der Waals surface area (Å²) in [5, 5.41) is 10.9. The summed E-state index contributed by atoms with van der Waals surface area (Å²) in [6.45, 7) is 16.6. The molecule has 0 aromatic carbocycles. The monoisotopic (exact) mass is 507 g/mol. The Morgan fingerprint density at radius 2 is 1.89 bits per heavy atom. The number of carbonyl (C=O) groups is 1. The van der Waals surface area contributed by atoms with Crippen LogP contribution in [-0.4, -0.2) is 57.0 Å². The van der Waals surface area contributed by atoms with Gasteiger partial charge in [-0.3, -0.25) is 19.6 Å². The molecule has 0 bridgehead atoms. The number of hydrogen-bond donors (Lipinski definition) is 0. The molecule has 0 saturated carbocycles. The lowest BCUT2D eigenvalue weighted by molar-refractivity contribution is -0.385. The van der Waals surface area contributed by atoms with Crippen LogP contribution in [0.1, 0.15) is 59.7 Å². The molecule has 12 heteroatoms. The highest BCUT2D eigenvalue weighted by Gasteiger charge is 2.47. The number of halogens is 1. The third-order valence-electron chi connectivity index (χ3n) is 6.39. The summed E-state index contributed by atoms with van der Waals surface area (Å²) < 4.78 is 28.3. The first-order valence-corrected chi connectivity index (χ1v) is 14.4. The Morgan fingerprint density at radius 1 is 1.23 bits per heavy atom. The highest BCUT2D eigenvalue weighted by atomic mass is 28.4. The Bertz CT molecular complexity index is 1110. The Kier molecular flexibility index (Phi) is 7.11. The number of ether oxygens (including phenoxy) is 1. The van der Waals surface area contributed by atoms with Crippen LogP contribution in [0.4, 0.5) is 14.9 Å². The van der Waals surface area contributed by atoms with Gasteiger partial charge < -0.3 is 9.16 Å². The molecule has 1 saturated heterocycles. The van der Waals surface area contributed by atoms with Crippen molar-refractivity contribution in [1.82, 2.24) is 19.4 Å². The van der Waals surface area contributed by atoms with E-state index in [1.807, 2.05) is 0 Å². The van der Waals surface area contributed by atoms with Gasteiger partial charge in [-0.2, -0.15) is 0 Å². The molecule has 0 radical (unpaired) electrons. The number of rotatable bonds is 5. The van der Waals surface area contributed by atoms with Crippen LogP contribution in [0.2, 0.25) is 18.1 Å². The number of likely N-dealkylation sites (tertiary alicyclic amines) is 1. The lowest BCUT2D eigenvalue weighted by Gasteiger charge is -2.40. The van der Waals surface area contributed by atoms with Crippen LogP contribution in [0, 0.1) is 15.9 Å². The van der Waals surface area contributed by atoms with Crippen molar-refractivity contribution in [2.75, 3.05) is 6.54 Å². The van der Waals surface area contributed by atoms with Crippen molar-refractivity contribution in [3.8, 4) is 5.82 Å². The van der Waals surface area contributed by atoms with Crippen LogP contribution < -0.4 is 0 Å². The summed E-state index contributed by atoms with van der Waals surface area (Å²) in [4.78, 5) is 33.2. The Balaban J connectivity index is 1.98. The molecule has 3 heterocycles. The predicted molar refractivity (Wildman–Crippen MR) is 130 cm³/mol. The lowest BCUT2D eigenvalue weighted by Crippen LogP contribution is -2.46. The zero-order chi connectivity index (χ0) is 26.3. The molecular formula is C23H34FN5O5Si. The maximum absolute atomic E-state index is 14.6. The molecule has 2 atom stereocenters. The molecule has 2 aromatic rings. The summed E-state index contributed by atoms with van der Waals surface area (Å²) in [6, 6.07) is 0.273. The Morgan fingerprint density at radius 3 is 2.43 bits per heavy atom. The van der Waals surface area contributed by atoms with Crippen molar-refractivity contribution in [2.45, 2.75) is 83.8 Å². The smallest absolute Gasteiger partial charge is 0.410 e. The molecule has 10 nitrogen and oxygen atoms in total. The lowest BCUT2D eigenvalue weighted by atomic mass is 10.1. The fourth-order valence-corrected chi connectivity index (χ4v) is 4.99. The van der Waals surface area contributed by atoms with Crippen LogP contribution in [0.5, 0.6) is 0 Å². The van der Waals surface area contributed by atoms with E-state index in [-0.39, 0.29) is 17.0 Å². The van der Waals surface area contributed by atoms with Crippen molar-refractivity contribution < 1.29 is 23.3 Å². The van der Waals surface area contributed by atoms with Crippen molar-refractivity contribution in [1.29, 1.82) is 0 Å². The zero-order valence-electron chi connectivity index (χ0n) is 21.5. The van der Waals surface area contributed by atoms with Crippen molar-refractivity contribution in [3.63, 3.8) is 0 Å². The van der Waals surface area contributed by atoms with Gasteiger partial charge in [0.15, 0.2) is 20.0 Å². The third kappa shape index (κ3) is 5.86. The molecule has 2 unspecified atom stereocenters. The number of amides is 1. The van der Waals surface area contributed by atoms with Gasteiger partial charge in [0.1, 0.15) is 24.2 Å². The van der Waals surface area contributed by atoms with Gasteiger partial charge in [-0.05, 0) is 45.3 Å². The third-order valence-corrected chi connectivity index (χ3v) is 10.9. The topological polar surface area (TPSA) is 113 Å². The zero-order valence-corrected chi connectivity index (χ0v) is 22.5. The molecule has 0 aliphatic carbocycles. The van der Waals surface area contributed by atoms with Crippen molar-refractivity contribution >= 4 is 20.1 Å². The van der Waals surface area contributed by atoms with Crippen LogP contribution in [0.25, 0.3) is 5.82 Å². The molecule has 0 spiro atoms. The molecular weight excluding hydrogens is 473 g/mol. The van der Waals surface area contributed by atoms with Crippen molar-refractivity contribution in [2.24, 2.45) is 0 Å². The average molecular weight is 508 g/mol. The fourth-order valence-electron chi connectivity index (χ4n) is 3.64. The van der Waals surface area contributed by atoms with Crippen LogP contribution in [-0.2, 0) is 9.16 Å². The minimum Gasteiger partial charge on any atom is -0.444 e. The maximum Gasteiger partial charge on any atom is 0.410 e. The van der Waals surface area contributed by atoms with Gasteiger partial charge in [0, 0.05) is 12.7 Å². The number of pyridine rings is 1. The first kappa shape index (κ1) is 26.7. The second kappa shape index (κ2) is 9.30. The maximum atomic E-state index is 14.6. The Hall–Kier alpha value is -2.86. The van der Waals surface area contributed by atoms with E-state index in [0.717, 1.165) is 12.3 Å². The van der Waals surface area contributed by atoms with E-state index in [4.69, 9.17) is 9.16 Å². The van der Waals surface area contributed by atoms with Crippen LogP contribution in [0.3, 0.4) is 0 Å². The summed E-state index contributed by atoms with van der Waals surface area (Å²) in [5.74, 6) is -0.981. The molecule has 35 heavy (non-hydrogen) atoms. The van der Waals surface area contributed by atoms with Gasteiger partial charge in [-0.1, -0.05) is 20.8 Å². The number of nitro groups is 1. The number of aromatic nitrogens is 3. The van der Waals surface area contributed by atoms with Crippen LogP contribution >= 0.6 is 0 Å². The molecule has 1 aliphatic rings. The summed E-state index contributed by atoms with van der Waals surface area (Å²) in [6.07, 6.45) is 3.76. The van der Waals surface area contributed by atoms with Gasteiger partial charge in [0.25, 0.3) is 5.69 Å². The van der Waals surface area contributed by atoms with E-state index in [0.29, 0.717) is 18.7 Å². The second-order valence-corrected chi connectivity index (χ2v) is 16.0. The number of carbonyl (C=O) groups excluding carboxylic acids is 1. The summed E-state index contributed by atoms with van der Waals surface area (Å²) in [5.41, 5.74) is -0.622. The predicted octanol–water partition coefficient (Wildman–Crippen LogP) is 5.39. The fraction of sp³-hybridized carbons (Fsp3) is 0.609. The highest BCUT2D eigenvalue weighted by molar-refractivity contribution is 6.74. The van der Waals surface area contributed by atoms with Crippen molar-refractivity contribution in [3.05, 3.63) is 46.4 Å². The molecule has 1 amide bonds. The quantitative estimate of drug-likeness (QED) is 0.303.